The number of amides is 1. The highest BCUT2D eigenvalue weighted by Gasteiger charge is 2.38. The summed E-state index contributed by atoms with van der Waals surface area (Å²) in [6.07, 6.45) is 3.02. The van der Waals surface area contributed by atoms with E-state index in [9.17, 15) is 4.79 Å². The van der Waals surface area contributed by atoms with Crippen LogP contribution in [-0.4, -0.2) is 63.0 Å². The van der Waals surface area contributed by atoms with Gasteiger partial charge in [-0.25, -0.2) is 9.97 Å². The molecule has 0 radical (unpaired) electrons. The van der Waals surface area contributed by atoms with Crippen LogP contribution in [0.1, 0.15) is 18.2 Å². The van der Waals surface area contributed by atoms with Gasteiger partial charge in [-0.2, -0.15) is 0 Å². The summed E-state index contributed by atoms with van der Waals surface area (Å²) in [6.45, 7) is 4.31. The average molecular weight is 491 g/mol. The van der Waals surface area contributed by atoms with E-state index < -0.39 is 6.04 Å². The largest absolute Gasteiger partial charge is 0.383 e. The molecule has 1 fully saturated rings. The molecule has 4 aromatic rings. The molecule has 1 saturated heterocycles. The number of piperazine rings is 1. The highest BCUT2D eigenvalue weighted by Crippen LogP contribution is 2.24. The molecule has 8 nitrogen and oxygen atoms in total. The predicted molar refractivity (Wildman–Crippen MR) is 137 cm³/mol. The molecule has 5 rings (SSSR count). The Bertz CT molecular complexity index is 1400. The van der Waals surface area contributed by atoms with E-state index in [-0.39, 0.29) is 12.0 Å². The van der Waals surface area contributed by atoms with Crippen LogP contribution in [0.15, 0.2) is 55.0 Å². The van der Waals surface area contributed by atoms with Gasteiger partial charge in [-0.3, -0.25) is 14.7 Å². The van der Waals surface area contributed by atoms with Gasteiger partial charge in [-0.05, 0) is 48.2 Å². The van der Waals surface area contributed by atoms with Gasteiger partial charge >= 0.3 is 0 Å². The smallest absolute Gasteiger partial charge is 0.242 e. The molecule has 0 unspecified atom stereocenters. The number of fused-ring (bicyclic) bond motifs is 2. The summed E-state index contributed by atoms with van der Waals surface area (Å²) in [7, 11) is 1.64. The normalized spacial score (nSPS) is 17.9. The predicted octanol–water partition coefficient (Wildman–Crippen LogP) is 3.66. The highest BCUT2D eigenvalue weighted by atomic mass is 35.5. The van der Waals surface area contributed by atoms with Crippen molar-refractivity contribution in [2.45, 2.75) is 32.2 Å². The lowest BCUT2D eigenvalue weighted by Gasteiger charge is -2.42. The third-order valence-corrected chi connectivity index (χ3v) is 6.88. The number of methoxy groups -OCH3 is 1. The number of ether oxygens (including phenoxy) is 1. The molecule has 1 aliphatic heterocycles. The van der Waals surface area contributed by atoms with Crippen LogP contribution in [0.3, 0.4) is 0 Å². The van der Waals surface area contributed by atoms with Crippen molar-refractivity contribution in [2.24, 2.45) is 0 Å². The molecule has 3 heterocycles. The van der Waals surface area contributed by atoms with Gasteiger partial charge in [0.05, 0.1) is 17.3 Å². The van der Waals surface area contributed by atoms with Crippen LogP contribution in [0.25, 0.3) is 21.7 Å². The quantitative estimate of drug-likeness (QED) is 0.440. The number of halogens is 1. The Morgan fingerprint density at radius 2 is 1.94 bits per heavy atom. The molecule has 0 saturated carbocycles. The molecule has 9 heteroatoms. The second-order valence-corrected chi connectivity index (χ2v) is 9.33. The molecular formula is C26H27ClN6O2. The van der Waals surface area contributed by atoms with E-state index >= 15 is 0 Å². The van der Waals surface area contributed by atoms with E-state index in [1.165, 1.54) is 6.33 Å². The number of aromatic nitrogens is 3. The Kier molecular flexibility index (Phi) is 6.51. The summed E-state index contributed by atoms with van der Waals surface area (Å²) < 4.78 is 5.63. The highest BCUT2D eigenvalue weighted by molar-refractivity contribution is 6.31. The van der Waals surface area contributed by atoms with Crippen molar-refractivity contribution in [2.75, 3.05) is 25.9 Å². The Balaban J connectivity index is 1.36. The van der Waals surface area contributed by atoms with Crippen molar-refractivity contribution in [3.63, 3.8) is 0 Å². The first-order valence-corrected chi connectivity index (χ1v) is 11.9. The summed E-state index contributed by atoms with van der Waals surface area (Å²) in [5.41, 5.74) is 8.62. The lowest BCUT2D eigenvalue weighted by molar-refractivity contribution is -0.149. The second kappa shape index (κ2) is 9.73. The fourth-order valence-corrected chi connectivity index (χ4v) is 4.88. The number of nitrogen functional groups attached to an aromatic ring is 1. The molecule has 1 aliphatic rings. The van der Waals surface area contributed by atoms with Crippen molar-refractivity contribution in [1.82, 2.24) is 24.8 Å². The Hall–Kier alpha value is -3.33. The number of hydrogen-bond donors (Lipinski definition) is 1. The average Bonchev–Trinajstić information content (AvgIpc) is 2.85. The molecule has 2 aromatic carbocycles. The minimum absolute atomic E-state index is 0.0421. The molecule has 35 heavy (non-hydrogen) atoms. The fraction of sp³-hybridized carbons (Fsp3) is 0.308. The van der Waals surface area contributed by atoms with Crippen LogP contribution in [0.5, 0.6) is 0 Å². The zero-order valence-corrected chi connectivity index (χ0v) is 20.4. The van der Waals surface area contributed by atoms with Crippen LogP contribution < -0.4 is 5.73 Å². The van der Waals surface area contributed by atoms with Gasteiger partial charge < -0.3 is 15.4 Å². The first-order chi connectivity index (χ1) is 16.9. The molecule has 0 aliphatic carbocycles. The zero-order chi connectivity index (χ0) is 24.5. The number of pyridine rings is 1. The van der Waals surface area contributed by atoms with Crippen molar-refractivity contribution in [1.29, 1.82) is 0 Å². The number of hydrogen-bond acceptors (Lipinski definition) is 7. The van der Waals surface area contributed by atoms with Crippen LogP contribution in [0, 0.1) is 0 Å². The van der Waals surface area contributed by atoms with Gasteiger partial charge in [0.25, 0.3) is 0 Å². The van der Waals surface area contributed by atoms with Crippen LogP contribution in [-0.2, 0) is 22.6 Å². The van der Waals surface area contributed by atoms with Crippen molar-refractivity contribution >= 4 is 45.0 Å². The minimum atomic E-state index is -0.408. The second-order valence-electron chi connectivity index (χ2n) is 8.89. The minimum Gasteiger partial charge on any atom is -0.383 e. The number of benzene rings is 2. The standard InChI is InChI=1S/C26H27ClN6O2/c1-16(35-2)24-26(34)33(13-17-3-6-22-23(9-17)30-15-31-25(22)28)8-7-32(24)14-21-11-18-4-5-20(27)10-19(18)12-29-21/h3-6,9-12,15-16,24H,7-8,13-14H2,1-2H3,(H2,28,30,31)/t16-,24+/m1/s1. The van der Waals surface area contributed by atoms with Crippen LogP contribution >= 0.6 is 11.6 Å². The van der Waals surface area contributed by atoms with E-state index in [4.69, 9.17) is 22.1 Å². The Labute approximate surface area is 208 Å². The fourth-order valence-electron chi connectivity index (χ4n) is 4.70. The number of carbonyl (C=O) groups excluding carboxylic acids is 1. The molecule has 2 aromatic heterocycles. The molecule has 180 valence electrons. The summed E-state index contributed by atoms with van der Waals surface area (Å²) in [5, 5.41) is 3.56. The maximum atomic E-state index is 13.6. The number of anilines is 1. The SMILES string of the molecule is CO[C@H](C)[C@H]1C(=O)N(Cc2ccc3c(N)ncnc3c2)CCN1Cc1cc2ccc(Cl)cc2cn1. The van der Waals surface area contributed by atoms with Gasteiger partial charge in [-0.15, -0.1) is 0 Å². The number of carbonyl (C=O) groups is 1. The van der Waals surface area contributed by atoms with Gasteiger partial charge in [0.2, 0.25) is 5.91 Å². The number of rotatable bonds is 6. The van der Waals surface area contributed by atoms with Gasteiger partial charge in [-0.1, -0.05) is 23.7 Å². The molecule has 0 bridgehead atoms. The summed E-state index contributed by atoms with van der Waals surface area (Å²) in [4.78, 5) is 30.6. The Morgan fingerprint density at radius 3 is 2.77 bits per heavy atom. The lowest BCUT2D eigenvalue weighted by atomic mass is 10.0. The molecular weight excluding hydrogens is 464 g/mol. The molecule has 2 atom stereocenters. The van der Waals surface area contributed by atoms with Crippen molar-refractivity contribution < 1.29 is 9.53 Å². The summed E-state index contributed by atoms with van der Waals surface area (Å²) in [5.74, 6) is 0.492. The lowest BCUT2D eigenvalue weighted by Crippen LogP contribution is -2.60. The van der Waals surface area contributed by atoms with Gasteiger partial charge in [0.15, 0.2) is 0 Å². The monoisotopic (exact) mass is 490 g/mol. The third kappa shape index (κ3) is 4.77. The van der Waals surface area contributed by atoms with Gasteiger partial charge in [0, 0.05) is 55.3 Å². The van der Waals surface area contributed by atoms with E-state index in [0.717, 1.165) is 32.9 Å². The first kappa shape index (κ1) is 23.4. The van der Waals surface area contributed by atoms with Gasteiger partial charge in [0.1, 0.15) is 18.2 Å². The Morgan fingerprint density at radius 1 is 1.09 bits per heavy atom. The molecule has 1 amide bonds. The van der Waals surface area contributed by atoms with Crippen LogP contribution in [0.4, 0.5) is 5.82 Å². The van der Waals surface area contributed by atoms with E-state index in [0.29, 0.717) is 37.0 Å². The van der Waals surface area contributed by atoms with Crippen molar-refractivity contribution in [3.05, 3.63) is 71.3 Å². The topological polar surface area (TPSA) is 97.5 Å². The zero-order valence-electron chi connectivity index (χ0n) is 19.7. The van der Waals surface area contributed by atoms with E-state index in [1.54, 1.807) is 7.11 Å². The summed E-state index contributed by atoms with van der Waals surface area (Å²) in [6, 6.07) is 13.3. The maximum absolute atomic E-state index is 13.6. The third-order valence-electron chi connectivity index (χ3n) is 6.64. The van der Waals surface area contributed by atoms with E-state index in [2.05, 4.69) is 25.9 Å². The molecule has 2 N–H and O–H groups in total. The van der Waals surface area contributed by atoms with Crippen LogP contribution in [0.2, 0.25) is 5.02 Å². The first-order valence-electron chi connectivity index (χ1n) is 11.5. The number of nitrogens with zero attached hydrogens (tertiary/aromatic N) is 5. The number of nitrogens with two attached hydrogens (primary N) is 1. The van der Waals surface area contributed by atoms with Crippen molar-refractivity contribution in [3.8, 4) is 0 Å². The molecule has 0 spiro atoms. The maximum Gasteiger partial charge on any atom is 0.242 e. The summed E-state index contributed by atoms with van der Waals surface area (Å²) >= 11 is 6.10. The van der Waals surface area contributed by atoms with E-state index in [1.807, 2.05) is 54.4 Å².